The van der Waals surface area contributed by atoms with Crippen LogP contribution in [0.3, 0.4) is 0 Å². The van der Waals surface area contributed by atoms with Crippen LogP contribution in [0, 0.1) is 11.3 Å². The molecule has 0 bridgehead atoms. The van der Waals surface area contributed by atoms with Gasteiger partial charge in [-0.3, -0.25) is 4.79 Å². The number of nitrogens with two attached hydrogens (primary N) is 1. The van der Waals surface area contributed by atoms with Crippen molar-refractivity contribution in [3.8, 4) is 0 Å². The van der Waals surface area contributed by atoms with Crippen molar-refractivity contribution in [3.63, 3.8) is 0 Å². The Labute approximate surface area is 142 Å². The lowest BCUT2D eigenvalue weighted by Gasteiger charge is -2.53. The van der Waals surface area contributed by atoms with Crippen LogP contribution in [0.5, 0.6) is 0 Å². The summed E-state index contributed by atoms with van der Waals surface area (Å²) in [5.41, 5.74) is 7.95. The van der Waals surface area contributed by atoms with E-state index in [-0.39, 0.29) is 11.8 Å². The fourth-order valence-electron chi connectivity index (χ4n) is 2.97. The van der Waals surface area contributed by atoms with Crippen LogP contribution in [0.15, 0.2) is 36.0 Å². The molecule has 2 saturated heterocycles. The molecule has 1 aromatic rings. The highest BCUT2D eigenvalue weighted by atomic mass is 16.5. The predicted octanol–water partition coefficient (Wildman–Crippen LogP) is 1.95. The number of allylic oxidation sites excluding steroid dienone is 1. The van der Waals surface area contributed by atoms with Crippen LogP contribution in [-0.2, 0) is 9.53 Å². The van der Waals surface area contributed by atoms with E-state index in [0.29, 0.717) is 35.9 Å². The van der Waals surface area contributed by atoms with Gasteiger partial charge in [0, 0.05) is 17.9 Å². The van der Waals surface area contributed by atoms with E-state index in [9.17, 15) is 4.79 Å². The molecule has 3 atom stereocenters. The quantitative estimate of drug-likeness (QED) is 0.473. The van der Waals surface area contributed by atoms with Gasteiger partial charge in [0.15, 0.2) is 0 Å². The fourth-order valence-corrected chi connectivity index (χ4v) is 2.97. The number of rotatable bonds is 6. The van der Waals surface area contributed by atoms with E-state index in [1.807, 2.05) is 38.1 Å². The normalized spacial score (nSPS) is 25.5. The molecule has 0 spiro atoms. The lowest BCUT2D eigenvalue weighted by atomic mass is 9.86. The van der Waals surface area contributed by atoms with Crippen molar-refractivity contribution >= 4 is 17.3 Å². The Bertz CT molecular complexity index is 666. The molecule has 0 radical (unpaired) electrons. The molecule has 128 valence electrons. The molecule has 0 aromatic heterocycles. The number of hydrogen-bond donors (Lipinski definition) is 4. The summed E-state index contributed by atoms with van der Waals surface area (Å²) in [5, 5.41) is 13.9. The van der Waals surface area contributed by atoms with Crippen LogP contribution in [-0.4, -0.2) is 30.3 Å². The Hall–Kier alpha value is -2.18. The molecule has 3 rings (SSSR count). The molecule has 5 N–H and O–H groups in total. The Kier molecular flexibility index (Phi) is 4.69. The summed E-state index contributed by atoms with van der Waals surface area (Å²) < 4.78 is 5.76. The smallest absolute Gasteiger partial charge is 0.271 e. The molecule has 0 aliphatic carbocycles. The zero-order valence-corrected chi connectivity index (χ0v) is 14.0. The van der Waals surface area contributed by atoms with Crippen molar-refractivity contribution in [2.24, 2.45) is 11.7 Å². The molecule has 1 aromatic carbocycles. The van der Waals surface area contributed by atoms with Gasteiger partial charge in [-0.15, -0.1) is 0 Å². The molecular formula is C18H24N4O2. The summed E-state index contributed by atoms with van der Waals surface area (Å²) in [7, 11) is 0. The number of nitrogens with one attached hydrogen (secondary N) is 3. The predicted molar refractivity (Wildman–Crippen MR) is 93.9 cm³/mol. The van der Waals surface area contributed by atoms with Crippen molar-refractivity contribution < 1.29 is 9.53 Å². The Morgan fingerprint density at radius 3 is 2.67 bits per heavy atom. The second-order valence-corrected chi connectivity index (χ2v) is 6.83. The van der Waals surface area contributed by atoms with Crippen LogP contribution in [0.4, 0.5) is 5.69 Å². The maximum absolute atomic E-state index is 12.1. The molecular weight excluding hydrogens is 304 g/mol. The first-order valence-electron chi connectivity index (χ1n) is 8.29. The monoisotopic (exact) mass is 328 g/mol. The average Bonchev–Trinajstić information content (AvgIpc) is 2.50. The van der Waals surface area contributed by atoms with Crippen LogP contribution >= 0.6 is 0 Å². The minimum atomic E-state index is -0.392. The second kappa shape index (κ2) is 6.75. The lowest BCUT2D eigenvalue weighted by Crippen LogP contribution is -2.69. The van der Waals surface area contributed by atoms with Crippen molar-refractivity contribution in [1.82, 2.24) is 5.32 Å². The Balaban J connectivity index is 1.56. The first-order chi connectivity index (χ1) is 11.4. The first-order valence-corrected chi connectivity index (χ1v) is 8.29. The minimum absolute atomic E-state index is 0.0496. The van der Waals surface area contributed by atoms with E-state index in [1.165, 1.54) is 6.08 Å². The van der Waals surface area contributed by atoms with Gasteiger partial charge >= 0.3 is 0 Å². The van der Waals surface area contributed by atoms with Crippen molar-refractivity contribution in [3.05, 3.63) is 41.6 Å². The number of benzene rings is 1. The van der Waals surface area contributed by atoms with E-state index in [1.54, 1.807) is 0 Å². The summed E-state index contributed by atoms with van der Waals surface area (Å²) in [6.07, 6.45) is 2.49. The van der Waals surface area contributed by atoms with Crippen molar-refractivity contribution in [2.75, 3.05) is 11.9 Å². The molecule has 24 heavy (non-hydrogen) atoms. The number of fused-ring (bicyclic) bond motifs is 1. The second-order valence-electron chi connectivity index (χ2n) is 6.83. The number of carbonyl (C=O) groups excluding carboxylic acids is 1. The summed E-state index contributed by atoms with van der Waals surface area (Å²) >= 11 is 0. The van der Waals surface area contributed by atoms with Gasteiger partial charge in [-0.25, -0.2) is 0 Å². The van der Waals surface area contributed by atoms with Gasteiger partial charge < -0.3 is 26.5 Å². The van der Waals surface area contributed by atoms with Gasteiger partial charge in [-0.2, -0.15) is 0 Å². The summed E-state index contributed by atoms with van der Waals surface area (Å²) in [4.78, 5) is 12.1. The highest BCUT2D eigenvalue weighted by Crippen LogP contribution is 2.39. The summed E-state index contributed by atoms with van der Waals surface area (Å²) in [6.45, 7) is 4.98. The van der Waals surface area contributed by atoms with Gasteiger partial charge in [0.05, 0.1) is 17.8 Å². The highest BCUT2D eigenvalue weighted by Gasteiger charge is 2.49. The van der Waals surface area contributed by atoms with Gasteiger partial charge in [0.2, 0.25) is 0 Å². The third-order valence-electron chi connectivity index (χ3n) is 4.32. The molecule has 6 nitrogen and oxygen atoms in total. The molecule has 2 heterocycles. The van der Waals surface area contributed by atoms with Crippen molar-refractivity contribution in [2.45, 2.75) is 38.5 Å². The highest BCUT2D eigenvalue weighted by molar-refractivity contribution is 6.07. The molecule has 1 unspecified atom stereocenters. The van der Waals surface area contributed by atoms with E-state index in [4.69, 9.17) is 15.9 Å². The van der Waals surface area contributed by atoms with Gasteiger partial charge in [-0.1, -0.05) is 26.0 Å². The zero-order valence-electron chi connectivity index (χ0n) is 14.0. The third-order valence-corrected chi connectivity index (χ3v) is 4.32. The number of ether oxygens (including phenoxy) is 1. The summed E-state index contributed by atoms with van der Waals surface area (Å²) in [5.74, 6) is -0.0347. The van der Waals surface area contributed by atoms with Crippen molar-refractivity contribution in [1.29, 1.82) is 5.41 Å². The molecule has 2 aliphatic rings. The topological polar surface area (TPSA) is 100 Å². The fraction of sp³-hybridized carbons (Fsp3) is 0.444. The van der Waals surface area contributed by atoms with Gasteiger partial charge in [0.1, 0.15) is 6.10 Å². The Morgan fingerprint density at radius 2 is 2.17 bits per heavy atom. The number of carbonyl (C=O) groups is 1. The molecule has 2 aliphatic heterocycles. The summed E-state index contributed by atoms with van der Waals surface area (Å²) in [6, 6.07) is 8.02. The minimum Gasteiger partial charge on any atom is -0.394 e. The zero-order chi connectivity index (χ0) is 17.3. The SMILES string of the molecule is CC(C)CC(=N)/C=C(\N)C(=O)Nc1ccc([C@@H]2OC3CN[C@H]32)cc1. The molecule has 0 saturated carbocycles. The average molecular weight is 328 g/mol. The Morgan fingerprint density at radius 1 is 1.46 bits per heavy atom. The van der Waals surface area contributed by atoms with Crippen LogP contribution in [0.1, 0.15) is 31.9 Å². The molecule has 1 amide bonds. The number of hydrogen-bond acceptors (Lipinski definition) is 5. The number of anilines is 1. The van der Waals surface area contributed by atoms with Crippen LogP contribution in [0.2, 0.25) is 0 Å². The van der Waals surface area contributed by atoms with E-state index >= 15 is 0 Å². The number of amides is 1. The first kappa shape index (κ1) is 16.7. The van der Waals surface area contributed by atoms with Gasteiger partial charge in [-0.05, 0) is 36.1 Å². The number of morpholine rings is 1. The largest absolute Gasteiger partial charge is 0.394 e. The van der Waals surface area contributed by atoms with E-state index in [2.05, 4.69) is 10.6 Å². The van der Waals surface area contributed by atoms with E-state index < -0.39 is 5.91 Å². The maximum Gasteiger partial charge on any atom is 0.271 e. The van der Waals surface area contributed by atoms with E-state index in [0.717, 1.165) is 12.1 Å². The molecule has 6 heteroatoms. The van der Waals surface area contributed by atoms with Gasteiger partial charge in [0.25, 0.3) is 5.91 Å². The molecule has 2 fully saturated rings. The maximum atomic E-state index is 12.1. The standard InChI is InChI=1S/C18H24N4O2/c1-10(2)7-12(19)8-14(20)18(23)22-13-5-3-11(4-6-13)17-16-15(24-17)9-21-16/h3-6,8,10,15-17,19,21H,7,9,20H2,1-2H3,(H,22,23)/b14-8-,19-12?/t15?,16-,17+/m1/s1. The lowest BCUT2D eigenvalue weighted by molar-refractivity contribution is -0.203. The van der Waals surface area contributed by atoms with Crippen LogP contribution < -0.4 is 16.4 Å². The third kappa shape index (κ3) is 3.49. The van der Waals surface area contributed by atoms with Crippen LogP contribution in [0.25, 0.3) is 0 Å².